The summed E-state index contributed by atoms with van der Waals surface area (Å²) in [4.78, 5) is 13.4. The normalized spacial score (nSPS) is 24.7. The van der Waals surface area contributed by atoms with Crippen molar-refractivity contribution in [2.24, 2.45) is 5.92 Å². The second-order valence-corrected chi connectivity index (χ2v) is 9.84. The fraction of sp³-hybridized carbons (Fsp3) is 0.684. The third kappa shape index (κ3) is 3.88. The lowest BCUT2D eigenvalue weighted by Crippen LogP contribution is -2.47. The van der Waals surface area contributed by atoms with E-state index in [-0.39, 0.29) is 16.6 Å². The largest absolute Gasteiger partial charge is 0.377 e. The summed E-state index contributed by atoms with van der Waals surface area (Å²) in [6, 6.07) is 4.51. The number of sulfonamides is 1. The van der Waals surface area contributed by atoms with Crippen LogP contribution in [0.4, 0.5) is 11.4 Å². The number of nitro benzene ring substituents is 1. The molecule has 3 aliphatic rings. The molecule has 1 aliphatic carbocycles. The van der Waals surface area contributed by atoms with Crippen molar-refractivity contribution in [3.63, 3.8) is 0 Å². The monoisotopic (exact) mass is 409 g/mol. The van der Waals surface area contributed by atoms with E-state index in [0.29, 0.717) is 44.5 Å². The van der Waals surface area contributed by atoms with Crippen molar-refractivity contribution in [3.05, 3.63) is 28.3 Å². The van der Waals surface area contributed by atoms with E-state index in [1.807, 2.05) is 4.90 Å². The van der Waals surface area contributed by atoms with Gasteiger partial charge in [-0.2, -0.15) is 4.31 Å². The van der Waals surface area contributed by atoms with Crippen molar-refractivity contribution in [1.82, 2.24) is 4.31 Å². The molecule has 9 heteroatoms. The summed E-state index contributed by atoms with van der Waals surface area (Å²) < 4.78 is 33.2. The average Bonchev–Trinajstić information content (AvgIpc) is 3.54. The fourth-order valence-electron chi connectivity index (χ4n) is 4.28. The summed E-state index contributed by atoms with van der Waals surface area (Å²) in [6.07, 6.45) is 5.92. The highest BCUT2D eigenvalue weighted by atomic mass is 32.2. The number of nitrogens with zero attached hydrogens (tertiary/aromatic N) is 3. The fourth-order valence-corrected chi connectivity index (χ4v) is 5.81. The van der Waals surface area contributed by atoms with Crippen molar-refractivity contribution >= 4 is 21.4 Å². The first kappa shape index (κ1) is 19.6. The van der Waals surface area contributed by atoms with Crippen molar-refractivity contribution in [1.29, 1.82) is 0 Å². The maximum Gasteiger partial charge on any atom is 0.293 e. The molecule has 2 heterocycles. The predicted molar refractivity (Wildman–Crippen MR) is 105 cm³/mol. The molecule has 0 spiro atoms. The highest BCUT2D eigenvalue weighted by molar-refractivity contribution is 7.89. The van der Waals surface area contributed by atoms with Gasteiger partial charge < -0.3 is 9.64 Å². The van der Waals surface area contributed by atoms with Gasteiger partial charge in [-0.05, 0) is 43.7 Å². The Bertz CT molecular complexity index is 832. The Morgan fingerprint density at radius 2 is 1.79 bits per heavy atom. The summed E-state index contributed by atoms with van der Waals surface area (Å²) >= 11 is 0. The molecule has 0 aromatic heterocycles. The zero-order chi connectivity index (χ0) is 19.7. The van der Waals surface area contributed by atoms with E-state index in [2.05, 4.69) is 0 Å². The maximum atomic E-state index is 13.1. The van der Waals surface area contributed by atoms with Gasteiger partial charge in [-0.25, -0.2) is 8.42 Å². The number of morpholine rings is 1. The van der Waals surface area contributed by atoms with Gasteiger partial charge in [0, 0.05) is 25.7 Å². The summed E-state index contributed by atoms with van der Waals surface area (Å²) in [7, 11) is -3.72. The van der Waals surface area contributed by atoms with Crippen LogP contribution in [-0.4, -0.2) is 56.5 Å². The number of rotatable bonds is 5. The number of benzene rings is 1. The van der Waals surface area contributed by atoms with Crippen LogP contribution in [0.25, 0.3) is 0 Å². The van der Waals surface area contributed by atoms with Gasteiger partial charge in [-0.3, -0.25) is 10.1 Å². The summed E-state index contributed by atoms with van der Waals surface area (Å²) in [5, 5.41) is 11.8. The van der Waals surface area contributed by atoms with Gasteiger partial charge in [0.1, 0.15) is 5.69 Å². The number of hydrogen-bond donors (Lipinski definition) is 0. The Morgan fingerprint density at radius 3 is 2.43 bits per heavy atom. The van der Waals surface area contributed by atoms with E-state index in [4.69, 9.17) is 4.74 Å². The van der Waals surface area contributed by atoms with Crippen LogP contribution in [0.2, 0.25) is 0 Å². The van der Waals surface area contributed by atoms with E-state index >= 15 is 0 Å². The highest BCUT2D eigenvalue weighted by Gasteiger charge is 2.39. The van der Waals surface area contributed by atoms with Gasteiger partial charge in [0.15, 0.2) is 0 Å². The molecule has 1 aromatic carbocycles. The molecular weight excluding hydrogens is 382 g/mol. The first-order chi connectivity index (χ1) is 13.5. The Labute approximate surface area is 165 Å². The number of ether oxygens (including phenoxy) is 1. The van der Waals surface area contributed by atoms with Crippen LogP contribution in [0.5, 0.6) is 0 Å². The quantitative estimate of drug-likeness (QED) is 0.548. The molecule has 154 valence electrons. The summed E-state index contributed by atoms with van der Waals surface area (Å²) in [5.41, 5.74) is 0.364. The molecule has 2 aliphatic heterocycles. The first-order valence-electron chi connectivity index (χ1n) is 10.1. The molecule has 0 radical (unpaired) electrons. The highest BCUT2D eigenvalue weighted by Crippen LogP contribution is 2.41. The van der Waals surface area contributed by atoms with Gasteiger partial charge in [0.2, 0.25) is 10.0 Å². The average molecular weight is 410 g/mol. The third-order valence-electron chi connectivity index (χ3n) is 5.99. The van der Waals surface area contributed by atoms with Crippen LogP contribution >= 0.6 is 0 Å². The molecule has 1 saturated carbocycles. The lowest BCUT2D eigenvalue weighted by Gasteiger charge is -2.37. The molecule has 1 unspecified atom stereocenters. The van der Waals surface area contributed by atoms with Gasteiger partial charge in [-0.15, -0.1) is 0 Å². The molecule has 4 rings (SSSR count). The van der Waals surface area contributed by atoms with Gasteiger partial charge in [0.25, 0.3) is 5.69 Å². The van der Waals surface area contributed by atoms with Crippen LogP contribution in [0, 0.1) is 16.0 Å². The lowest BCUT2D eigenvalue weighted by molar-refractivity contribution is -0.384. The van der Waals surface area contributed by atoms with Crippen LogP contribution in [0.3, 0.4) is 0 Å². The molecule has 8 nitrogen and oxygen atoms in total. The van der Waals surface area contributed by atoms with Crippen molar-refractivity contribution in [3.8, 4) is 0 Å². The van der Waals surface area contributed by atoms with Gasteiger partial charge in [0.05, 0.1) is 29.1 Å². The standard InChI is InChI=1S/C19H27N3O5S/c23-22(24)18-13-16(28(25,26)20-9-3-1-2-4-10-20)7-8-17(18)21-11-12-27-14-19(21)15-5-6-15/h7-8,13,15,19H,1-6,9-12,14H2. The van der Waals surface area contributed by atoms with E-state index in [1.165, 1.54) is 16.4 Å². The van der Waals surface area contributed by atoms with E-state index in [9.17, 15) is 18.5 Å². The number of nitro groups is 1. The predicted octanol–water partition coefficient (Wildman–Crippen LogP) is 2.77. The molecule has 2 saturated heterocycles. The SMILES string of the molecule is O=[N+]([O-])c1cc(S(=O)(=O)N2CCCCCC2)ccc1N1CCOCC1C1CC1. The third-order valence-corrected chi connectivity index (χ3v) is 7.88. The molecule has 28 heavy (non-hydrogen) atoms. The topological polar surface area (TPSA) is 93.0 Å². The Kier molecular flexibility index (Phi) is 5.57. The van der Waals surface area contributed by atoms with E-state index in [0.717, 1.165) is 38.5 Å². The Morgan fingerprint density at radius 1 is 1.07 bits per heavy atom. The summed E-state index contributed by atoms with van der Waals surface area (Å²) in [6.45, 7) is 2.63. The molecule has 1 aromatic rings. The van der Waals surface area contributed by atoms with Crippen molar-refractivity contribution < 1.29 is 18.1 Å². The Balaban J connectivity index is 1.67. The Hall–Kier alpha value is -1.71. The minimum Gasteiger partial charge on any atom is -0.377 e. The van der Waals surface area contributed by atoms with Crippen LogP contribution < -0.4 is 4.90 Å². The minimum atomic E-state index is -3.72. The van der Waals surface area contributed by atoms with Crippen LogP contribution in [0.15, 0.2) is 23.1 Å². The smallest absolute Gasteiger partial charge is 0.293 e. The minimum absolute atomic E-state index is 0.0149. The molecule has 0 bridgehead atoms. The zero-order valence-corrected chi connectivity index (χ0v) is 16.8. The first-order valence-corrected chi connectivity index (χ1v) is 11.6. The summed E-state index contributed by atoms with van der Waals surface area (Å²) in [5.74, 6) is 0.500. The second-order valence-electron chi connectivity index (χ2n) is 7.90. The van der Waals surface area contributed by atoms with Crippen molar-refractivity contribution in [2.45, 2.75) is 49.5 Å². The zero-order valence-electron chi connectivity index (χ0n) is 16.0. The molecule has 0 amide bonds. The van der Waals surface area contributed by atoms with Crippen LogP contribution in [0.1, 0.15) is 38.5 Å². The molecule has 1 atom stereocenters. The van der Waals surface area contributed by atoms with E-state index in [1.54, 1.807) is 6.07 Å². The van der Waals surface area contributed by atoms with E-state index < -0.39 is 14.9 Å². The molecule has 0 N–H and O–H groups in total. The number of hydrogen-bond acceptors (Lipinski definition) is 6. The van der Waals surface area contributed by atoms with Gasteiger partial charge in [-0.1, -0.05) is 12.8 Å². The molecule has 3 fully saturated rings. The van der Waals surface area contributed by atoms with Crippen LogP contribution in [-0.2, 0) is 14.8 Å². The maximum absolute atomic E-state index is 13.1. The number of anilines is 1. The molecular formula is C19H27N3O5S. The second kappa shape index (κ2) is 7.96. The van der Waals surface area contributed by atoms with Crippen molar-refractivity contribution in [2.75, 3.05) is 37.7 Å². The van der Waals surface area contributed by atoms with Gasteiger partial charge >= 0.3 is 0 Å². The lowest BCUT2D eigenvalue weighted by atomic mass is 10.1.